The van der Waals surface area contributed by atoms with E-state index in [1.807, 2.05) is 0 Å². The lowest BCUT2D eigenvalue weighted by molar-refractivity contribution is 0.101. The number of hydrogen-bond donors (Lipinski definition) is 1. The molecule has 1 aromatic carbocycles. The Bertz CT molecular complexity index is 779. The van der Waals surface area contributed by atoms with E-state index in [0.717, 1.165) is 10.8 Å². The first-order valence-electron chi connectivity index (χ1n) is 5.23. The molecule has 0 spiro atoms. The van der Waals surface area contributed by atoms with E-state index in [0.29, 0.717) is 9.50 Å². The fraction of sp³-hybridized carbons (Fsp3) is 0.0833. The lowest BCUT2D eigenvalue weighted by Gasteiger charge is -2.08. The fourth-order valence-electron chi connectivity index (χ4n) is 1.60. The van der Waals surface area contributed by atoms with Crippen LogP contribution in [0.1, 0.15) is 17.3 Å². The van der Waals surface area contributed by atoms with E-state index in [-0.39, 0.29) is 11.3 Å². The van der Waals surface area contributed by atoms with Crippen LogP contribution in [0.3, 0.4) is 0 Å². The Hall–Kier alpha value is -1.66. The maximum absolute atomic E-state index is 12.2. The van der Waals surface area contributed by atoms with Gasteiger partial charge in [-0.2, -0.15) is 0 Å². The quantitative estimate of drug-likeness (QED) is 0.849. The van der Waals surface area contributed by atoms with Gasteiger partial charge in [0.1, 0.15) is 0 Å². The third-order valence-electron chi connectivity index (χ3n) is 2.50. The number of hydrogen-bond acceptors (Lipinski definition) is 3. The molecular weight excluding hydrogens is 336 g/mol. The van der Waals surface area contributed by atoms with Gasteiger partial charge in [-0.05, 0) is 41.1 Å². The molecule has 0 aliphatic rings. The highest BCUT2D eigenvalue weighted by Crippen LogP contribution is 2.22. The number of rotatable bonds is 2. The van der Waals surface area contributed by atoms with Crippen molar-refractivity contribution in [2.75, 3.05) is 0 Å². The summed E-state index contributed by atoms with van der Waals surface area (Å²) in [6, 6.07) is 4.69. The van der Waals surface area contributed by atoms with Crippen LogP contribution < -0.4 is 11.2 Å². The normalized spacial score (nSPS) is 10.5. The molecule has 7 heteroatoms. The number of Topliss-reactive ketones (excluding diaryl/α,β-unsaturated/α-hetero) is 1. The molecule has 1 aromatic heterocycles. The second-order valence-corrected chi connectivity index (χ2v) is 5.09. The van der Waals surface area contributed by atoms with E-state index in [1.165, 1.54) is 13.0 Å². The van der Waals surface area contributed by atoms with Gasteiger partial charge in [-0.25, -0.2) is 9.36 Å². The van der Waals surface area contributed by atoms with Gasteiger partial charge in [0.15, 0.2) is 5.78 Å². The Balaban J connectivity index is 2.86. The Morgan fingerprint density at radius 3 is 2.68 bits per heavy atom. The highest BCUT2D eigenvalue weighted by Gasteiger charge is 2.14. The first-order valence-corrected chi connectivity index (χ1v) is 6.40. The van der Waals surface area contributed by atoms with Crippen molar-refractivity contribution >= 4 is 33.3 Å². The molecule has 0 fully saturated rings. The zero-order valence-corrected chi connectivity index (χ0v) is 12.1. The zero-order chi connectivity index (χ0) is 14.2. The van der Waals surface area contributed by atoms with Crippen molar-refractivity contribution in [1.29, 1.82) is 0 Å². The van der Waals surface area contributed by atoms with Crippen molar-refractivity contribution in [3.05, 3.63) is 60.3 Å². The van der Waals surface area contributed by atoms with Crippen molar-refractivity contribution in [2.45, 2.75) is 6.92 Å². The number of nitrogens with one attached hydrogen (secondary N) is 1. The Kier molecular flexibility index (Phi) is 3.73. The number of aromatic amines is 1. The summed E-state index contributed by atoms with van der Waals surface area (Å²) in [6.45, 7) is 1.26. The van der Waals surface area contributed by atoms with E-state index in [1.54, 1.807) is 12.1 Å². The number of halogens is 2. The van der Waals surface area contributed by atoms with Gasteiger partial charge in [-0.3, -0.25) is 9.59 Å². The third kappa shape index (κ3) is 2.54. The number of carbonyl (C=O) groups excluding carboxylic acids is 1. The van der Waals surface area contributed by atoms with Gasteiger partial charge in [-0.15, -0.1) is 0 Å². The molecule has 0 bridgehead atoms. The van der Waals surface area contributed by atoms with Crippen molar-refractivity contribution < 1.29 is 4.79 Å². The lowest BCUT2D eigenvalue weighted by Crippen LogP contribution is -2.36. The molecule has 0 aliphatic carbocycles. The molecule has 0 aliphatic heterocycles. The van der Waals surface area contributed by atoms with Gasteiger partial charge in [0.25, 0.3) is 5.56 Å². The minimum Gasteiger partial charge on any atom is -0.313 e. The molecule has 19 heavy (non-hydrogen) atoms. The van der Waals surface area contributed by atoms with Crippen LogP contribution in [0.2, 0.25) is 5.02 Å². The minimum absolute atomic E-state index is 0.0912. The summed E-state index contributed by atoms with van der Waals surface area (Å²) < 4.78 is 1.39. The van der Waals surface area contributed by atoms with Crippen LogP contribution in [0.15, 0.2) is 38.5 Å². The predicted octanol–water partition coefficient (Wildman–Crippen LogP) is 2.14. The van der Waals surface area contributed by atoms with Gasteiger partial charge in [0.2, 0.25) is 0 Å². The molecule has 0 saturated carbocycles. The molecule has 5 nitrogen and oxygen atoms in total. The maximum Gasteiger partial charge on any atom is 0.333 e. The highest BCUT2D eigenvalue weighted by atomic mass is 79.9. The molecule has 0 amide bonds. The van der Waals surface area contributed by atoms with E-state index in [9.17, 15) is 14.4 Å². The van der Waals surface area contributed by atoms with Crippen LogP contribution in [0.5, 0.6) is 0 Å². The summed E-state index contributed by atoms with van der Waals surface area (Å²) in [6.07, 6.45) is 1.11. The molecular formula is C12H8BrClN2O3. The average molecular weight is 344 g/mol. The average Bonchev–Trinajstić information content (AvgIpc) is 2.33. The first-order chi connectivity index (χ1) is 8.91. The third-order valence-corrected chi connectivity index (χ3v) is 3.41. The first kappa shape index (κ1) is 13.8. The van der Waals surface area contributed by atoms with Crippen LogP contribution in [-0.4, -0.2) is 15.3 Å². The van der Waals surface area contributed by atoms with Gasteiger partial charge in [-0.1, -0.05) is 11.6 Å². The summed E-state index contributed by atoms with van der Waals surface area (Å²) in [4.78, 5) is 37.7. The van der Waals surface area contributed by atoms with Crippen molar-refractivity contribution in [1.82, 2.24) is 9.55 Å². The summed E-state index contributed by atoms with van der Waals surface area (Å²) in [5, 5.41) is 0.373. The number of ketones is 1. The standard InChI is InChI=1S/C12H8BrClN2O3/c1-6(17)8-5-15-12(19)16(11(8)18)10-4-7(14)2-3-9(10)13/h2-5H,1H3,(H,15,19). The van der Waals surface area contributed by atoms with Gasteiger partial charge >= 0.3 is 5.69 Å². The molecule has 0 radical (unpaired) electrons. The molecule has 1 heterocycles. The van der Waals surface area contributed by atoms with Crippen LogP contribution in [-0.2, 0) is 0 Å². The van der Waals surface area contributed by atoms with Gasteiger partial charge in [0.05, 0.1) is 11.3 Å². The van der Waals surface area contributed by atoms with Crippen molar-refractivity contribution in [3.63, 3.8) is 0 Å². The van der Waals surface area contributed by atoms with Crippen LogP contribution >= 0.6 is 27.5 Å². The molecule has 0 saturated heterocycles. The lowest BCUT2D eigenvalue weighted by atomic mass is 10.2. The molecule has 0 unspecified atom stereocenters. The molecule has 0 atom stereocenters. The highest BCUT2D eigenvalue weighted by molar-refractivity contribution is 9.10. The Morgan fingerprint density at radius 2 is 2.05 bits per heavy atom. The second-order valence-electron chi connectivity index (χ2n) is 3.80. The van der Waals surface area contributed by atoms with Crippen molar-refractivity contribution in [3.8, 4) is 5.69 Å². The molecule has 1 N–H and O–H groups in total. The summed E-state index contributed by atoms with van der Waals surface area (Å²) in [5.74, 6) is -0.423. The minimum atomic E-state index is -0.681. The number of nitrogens with zero attached hydrogens (tertiary/aromatic N) is 1. The molecule has 2 aromatic rings. The molecule has 98 valence electrons. The van der Waals surface area contributed by atoms with E-state index in [4.69, 9.17) is 11.6 Å². The Morgan fingerprint density at radius 1 is 1.37 bits per heavy atom. The monoisotopic (exact) mass is 342 g/mol. The maximum atomic E-state index is 12.2. The SMILES string of the molecule is CC(=O)c1c[nH]c(=O)n(-c2cc(Cl)ccc2Br)c1=O. The van der Waals surface area contributed by atoms with Gasteiger partial charge in [0, 0.05) is 15.7 Å². The summed E-state index contributed by atoms with van der Waals surface area (Å²) >= 11 is 9.10. The number of H-pyrrole nitrogens is 1. The fourth-order valence-corrected chi connectivity index (χ4v) is 2.19. The largest absolute Gasteiger partial charge is 0.333 e. The van der Waals surface area contributed by atoms with Crippen LogP contribution in [0.4, 0.5) is 0 Å². The summed E-state index contributed by atoms with van der Waals surface area (Å²) in [7, 11) is 0. The van der Waals surface area contributed by atoms with E-state index >= 15 is 0 Å². The van der Waals surface area contributed by atoms with E-state index < -0.39 is 17.0 Å². The van der Waals surface area contributed by atoms with E-state index in [2.05, 4.69) is 20.9 Å². The number of benzene rings is 1. The number of aromatic nitrogens is 2. The summed E-state index contributed by atoms with van der Waals surface area (Å²) in [5.41, 5.74) is -1.13. The van der Waals surface area contributed by atoms with Gasteiger partial charge < -0.3 is 4.98 Å². The topological polar surface area (TPSA) is 71.9 Å². The zero-order valence-electron chi connectivity index (χ0n) is 9.74. The molecule has 2 rings (SSSR count). The number of carbonyl (C=O) groups is 1. The second kappa shape index (κ2) is 5.14. The predicted molar refractivity (Wildman–Crippen MR) is 75.4 cm³/mol. The van der Waals surface area contributed by atoms with Crippen LogP contribution in [0.25, 0.3) is 5.69 Å². The van der Waals surface area contributed by atoms with Crippen molar-refractivity contribution in [2.24, 2.45) is 0 Å². The van der Waals surface area contributed by atoms with Crippen LogP contribution in [0, 0.1) is 0 Å². The Labute approximate surface area is 121 Å². The smallest absolute Gasteiger partial charge is 0.313 e.